The van der Waals surface area contributed by atoms with Crippen molar-refractivity contribution in [1.82, 2.24) is 10.6 Å². The molecule has 0 heterocycles. The van der Waals surface area contributed by atoms with Crippen LogP contribution in [0.2, 0.25) is 0 Å². The molecule has 0 aromatic carbocycles. The van der Waals surface area contributed by atoms with Crippen LogP contribution in [0.3, 0.4) is 0 Å². The maximum absolute atomic E-state index is 11.4. The molecule has 2 atom stereocenters. The maximum Gasteiger partial charge on any atom is 0.329 e. The van der Waals surface area contributed by atoms with Gasteiger partial charge in [0, 0.05) is 26.1 Å². The number of esters is 1. The Labute approximate surface area is 102 Å². The van der Waals surface area contributed by atoms with Crippen LogP contribution in [0, 0.1) is 0 Å². The number of rotatable bonds is 8. The first kappa shape index (κ1) is 15.9. The summed E-state index contributed by atoms with van der Waals surface area (Å²) in [4.78, 5) is 22.3. The highest BCUT2D eigenvalue weighted by molar-refractivity contribution is 5.83. The highest BCUT2D eigenvalue weighted by Gasteiger charge is 2.20. The van der Waals surface area contributed by atoms with E-state index in [2.05, 4.69) is 15.4 Å². The molecule has 6 nitrogen and oxygen atoms in total. The lowest BCUT2D eigenvalue weighted by Crippen LogP contribution is -2.49. The summed E-state index contributed by atoms with van der Waals surface area (Å²) in [6.07, 6.45) is 1.46. The standard InChI is InChI=1S/C11H22N2O4/c1-4-9(5-6-14)12-7-10(11(16)17-3)13-8(2)15/h9-10,12,14H,4-7H2,1-3H3,(H,13,15). The number of methoxy groups -OCH3 is 1. The molecule has 3 N–H and O–H groups in total. The van der Waals surface area contributed by atoms with E-state index in [0.717, 1.165) is 6.42 Å². The highest BCUT2D eigenvalue weighted by Crippen LogP contribution is 1.97. The van der Waals surface area contributed by atoms with Gasteiger partial charge in [0.05, 0.1) is 7.11 Å². The first-order valence-electron chi connectivity index (χ1n) is 5.74. The maximum atomic E-state index is 11.4. The van der Waals surface area contributed by atoms with Gasteiger partial charge in [-0.3, -0.25) is 4.79 Å². The fraction of sp³-hybridized carbons (Fsp3) is 0.818. The van der Waals surface area contributed by atoms with Crippen LogP contribution in [0.15, 0.2) is 0 Å². The zero-order valence-electron chi connectivity index (χ0n) is 10.7. The second kappa shape index (κ2) is 8.95. The lowest BCUT2D eigenvalue weighted by atomic mass is 10.1. The molecule has 0 aliphatic heterocycles. The number of hydrogen-bond acceptors (Lipinski definition) is 5. The van der Waals surface area contributed by atoms with Crippen LogP contribution in [-0.4, -0.2) is 49.3 Å². The fourth-order valence-corrected chi connectivity index (χ4v) is 1.47. The van der Waals surface area contributed by atoms with E-state index in [1.54, 1.807) is 0 Å². The van der Waals surface area contributed by atoms with E-state index >= 15 is 0 Å². The van der Waals surface area contributed by atoms with Crippen molar-refractivity contribution < 1.29 is 19.4 Å². The Hall–Kier alpha value is -1.14. The first-order chi connectivity index (χ1) is 8.04. The summed E-state index contributed by atoms with van der Waals surface area (Å²) in [7, 11) is 1.28. The van der Waals surface area contributed by atoms with Gasteiger partial charge in [0.15, 0.2) is 0 Å². The van der Waals surface area contributed by atoms with Crippen molar-refractivity contribution in [3.05, 3.63) is 0 Å². The molecular formula is C11H22N2O4. The molecule has 1 amide bonds. The van der Waals surface area contributed by atoms with Gasteiger partial charge in [-0.25, -0.2) is 4.79 Å². The molecule has 0 spiro atoms. The van der Waals surface area contributed by atoms with Crippen LogP contribution < -0.4 is 10.6 Å². The molecule has 0 fully saturated rings. The minimum atomic E-state index is -0.690. The molecule has 0 rings (SSSR count). The Morgan fingerprint density at radius 3 is 2.47 bits per heavy atom. The molecule has 0 aliphatic carbocycles. The van der Waals surface area contributed by atoms with Crippen LogP contribution in [0.4, 0.5) is 0 Å². The van der Waals surface area contributed by atoms with Gasteiger partial charge >= 0.3 is 5.97 Å². The highest BCUT2D eigenvalue weighted by atomic mass is 16.5. The summed E-state index contributed by atoms with van der Waals surface area (Å²) in [5.74, 6) is -0.760. The van der Waals surface area contributed by atoms with Gasteiger partial charge in [-0.05, 0) is 12.8 Å². The summed E-state index contributed by atoms with van der Waals surface area (Å²) < 4.78 is 4.60. The van der Waals surface area contributed by atoms with E-state index in [-0.39, 0.29) is 18.6 Å². The Bertz CT molecular complexity index is 246. The minimum absolute atomic E-state index is 0.0918. The Balaban J connectivity index is 4.22. The van der Waals surface area contributed by atoms with E-state index in [4.69, 9.17) is 5.11 Å². The third kappa shape index (κ3) is 6.91. The lowest BCUT2D eigenvalue weighted by Gasteiger charge is -2.20. The molecule has 0 saturated carbocycles. The number of carbonyl (C=O) groups is 2. The molecule has 0 aromatic heterocycles. The monoisotopic (exact) mass is 246 g/mol. The predicted octanol–water partition coefficient (Wildman–Crippen LogP) is -0.585. The average Bonchev–Trinajstić information content (AvgIpc) is 2.31. The predicted molar refractivity (Wildman–Crippen MR) is 63.4 cm³/mol. The van der Waals surface area contributed by atoms with E-state index < -0.39 is 12.0 Å². The van der Waals surface area contributed by atoms with Gasteiger partial charge in [-0.1, -0.05) is 6.92 Å². The lowest BCUT2D eigenvalue weighted by molar-refractivity contribution is -0.144. The van der Waals surface area contributed by atoms with Gasteiger partial charge < -0.3 is 20.5 Å². The molecule has 6 heteroatoms. The summed E-state index contributed by atoms with van der Waals surface area (Å²) in [5.41, 5.74) is 0. The average molecular weight is 246 g/mol. The second-order valence-electron chi connectivity index (χ2n) is 3.80. The third-order valence-corrected chi connectivity index (χ3v) is 2.44. The fourth-order valence-electron chi connectivity index (χ4n) is 1.47. The van der Waals surface area contributed by atoms with Crippen LogP contribution in [-0.2, 0) is 14.3 Å². The van der Waals surface area contributed by atoms with Gasteiger partial charge in [0.25, 0.3) is 0 Å². The van der Waals surface area contributed by atoms with Crippen molar-refractivity contribution in [1.29, 1.82) is 0 Å². The van der Waals surface area contributed by atoms with Gasteiger partial charge in [0.1, 0.15) is 6.04 Å². The summed E-state index contributed by atoms with van der Waals surface area (Å²) in [6.45, 7) is 3.72. The van der Waals surface area contributed by atoms with Crippen molar-refractivity contribution in [2.75, 3.05) is 20.3 Å². The van der Waals surface area contributed by atoms with E-state index in [9.17, 15) is 9.59 Å². The molecule has 0 bridgehead atoms. The number of amides is 1. The number of hydrogen-bond donors (Lipinski definition) is 3. The number of aliphatic hydroxyl groups is 1. The van der Waals surface area contributed by atoms with Gasteiger partial charge in [-0.2, -0.15) is 0 Å². The normalized spacial score (nSPS) is 13.9. The molecule has 100 valence electrons. The smallest absolute Gasteiger partial charge is 0.329 e. The zero-order valence-corrected chi connectivity index (χ0v) is 10.7. The Kier molecular flexibility index (Phi) is 8.35. The van der Waals surface area contributed by atoms with Gasteiger partial charge in [0.2, 0.25) is 5.91 Å². The van der Waals surface area contributed by atoms with E-state index in [1.165, 1.54) is 14.0 Å². The van der Waals surface area contributed by atoms with Crippen LogP contribution in [0.1, 0.15) is 26.7 Å². The van der Waals surface area contributed by atoms with Crippen LogP contribution in [0.5, 0.6) is 0 Å². The molecule has 2 unspecified atom stereocenters. The molecular weight excluding hydrogens is 224 g/mol. The van der Waals surface area contributed by atoms with Crippen molar-refractivity contribution in [3.8, 4) is 0 Å². The number of nitrogens with one attached hydrogen (secondary N) is 2. The number of carbonyl (C=O) groups excluding carboxylic acids is 2. The quantitative estimate of drug-likeness (QED) is 0.498. The zero-order chi connectivity index (χ0) is 13.3. The van der Waals surface area contributed by atoms with Crippen LogP contribution >= 0.6 is 0 Å². The van der Waals surface area contributed by atoms with E-state index in [0.29, 0.717) is 13.0 Å². The minimum Gasteiger partial charge on any atom is -0.467 e. The molecule has 0 aliphatic rings. The van der Waals surface area contributed by atoms with Gasteiger partial charge in [-0.15, -0.1) is 0 Å². The van der Waals surface area contributed by atoms with Crippen LogP contribution in [0.25, 0.3) is 0 Å². The third-order valence-electron chi connectivity index (χ3n) is 2.44. The summed E-state index contributed by atoms with van der Waals surface area (Å²) in [6, 6.07) is -0.564. The molecule has 0 aromatic rings. The number of ether oxygens (including phenoxy) is 1. The first-order valence-corrected chi connectivity index (χ1v) is 5.74. The molecule has 17 heavy (non-hydrogen) atoms. The molecule has 0 saturated heterocycles. The number of aliphatic hydroxyl groups excluding tert-OH is 1. The Morgan fingerprint density at radius 2 is 2.06 bits per heavy atom. The second-order valence-corrected chi connectivity index (χ2v) is 3.80. The molecule has 0 radical (unpaired) electrons. The van der Waals surface area contributed by atoms with Crippen molar-refractivity contribution in [2.24, 2.45) is 0 Å². The SMILES string of the molecule is CCC(CCO)NCC(NC(C)=O)C(=O)OC. The van der Waals surface area contributed by atoms with Crippen molar-refractivity contribution >= 4 is 11.9 Å². The van der Waals surface area contributed by atoms with Crippen molar-refractivity contribution in [2.45, 2.75) is 38.8 Å². The Morgan fingerprint density at radius 1 is 1.41 bits per heavy atom. The van der Waals surface area contributed by atoms with E-state index in [1.807, 2.05) is 6.92 Å². The summed E-state index contributed by atoms with van der Waals surface area (Å²) >= 11 is 0. The van der Waals surface area contributed by atoms with Crippen molar-refractivity contribution in [3.63, 3.8) is 0 Å². The summed E-state index contributed by atoms with van der Waals surface area (Å²) in [5, 5.41) is 14.5. The topological polar surface area (TPSA) is 87.7 Å². The largest absolute Gasteiger partial charge is 0.467 e.